The number of nitrogens with one attached hydrogen (secondary N) is 1. The lowest BCUT2D eigenvalue weighted by atomic mass is 10.0. The highest BCUT2D eigenvalue weighted by molar-refractivity contribution is 5.87. The van der Waals surface area contributed by atoms with E-state index in [9.17, 15) is 19.5 Å². The van der Waals surface area contributed by atoms with Crippen molar-refractivity contribution in [3.63, 3.8) is 0 Å². The van der Waals surface area contributed by atoms with Gasteiger partial charge in [-0.3, -0.25) is 9.59 Å². The van der Waals surface area contributed by atoms with Crippen LogP contribution >= 0.6 is 0 Å². The van der Waals surface area contributed by atoms with Gasteiger partial charge in [0.2, 0.25) is 5.91 Å². The summed E-state index contributed by atoms with van der Waals surface area (Å²) in [6.45, 7) is 4.77. The van der Waals surface area contributed by atoms with E-state index in [1.807, 2.05) is 0 Å². The van der Waals surface area contributed by atoms with Crippen molar-refractivity contribution in [3.8, 4) is 0 Å². The molecule has 0 saturated heterocycles. The number of hydrogen-bond donors (Lipinski definition) is 2. The molecule has 0 aliphatic heterocycles. The maximum absolute atomic E-state index is 12.4. The van der Waals surface area contributed by atoms with E-state index in [4.69, 9.17) is 4.74 Å². The Labute approximate surface area is 253 Å². The van der Waals surface area contributed by atoms with Gasteiger partial charge in [0.15, 0.2) is 0 Å². The second-order valence-electron chi connectivity index (χ2n) is 12.1. The average molecular weight is 582 g/mol. The number of aliphatic carboxylic acids is 1. The Morgan fingerprint density at radius 1 is 0.537 bits per heavy atom. The van der Waals surface area contributed by atoms with E-state index < -0.39 is 24.4 Å². The molecule has 0 heterocycles. The molecule has 2 N–H and O–H groups in total. The van der Waals surface area contributed by atoms with Crippen LogP contribution in [-0.4, -0.2) is 35.6 Å². The van der Waals surface area contributed by atoms with Crippen LogP contribution in [0.3, 0.4) is 0 Å². The summed E-state index contributed by atoms with van der Waals surface area (Å²) in [7, 11) is 0. The summed E-state index contributed by atoms with van der Waals surface area (Å²) in [6.07, 6.45) is 32.2. The Hall–Kier alpha value is -1.59. The highest BCUT2D eigenvalue weighted by Crippen LogP contribution is 2.14. The van der Waals surface area contributed by atoms with E-state index in [1.54, 1.807) is 0 Å². The molecular weight excluding hydrogens is 514 g/mol. The van der Waals surface area contributed by atoms with Gasteiger partial charge in [-0.2, -0.15) is 0 Å². The van der Waals surface area contributed by atoms with Gasteiger partial charge in [-0.1, -0.05) is 168 Å². The summed E-state index contributed by atoms with van der Waals surface area (Å²) in [5.74, 6) is -2.02. The number of carbonyl (C=O) groups excluding carboxylic acids is 2. The molecule has 6 nitrogen and oxygen atoms in total. The quantitative estimate of drug-likeness (QED) is 0.0609. The Bertz CT molecular complexity index is 609. The third-order valence-corrected chi connectivity index (χ3v) is 8.00. The Kier molecular flexibility index (Phi) is 30.1. The van der Waals surface area contributed by atoms with Crippen molar-refractivity contribution in [2.45, 2.75) is 200 Å². The SMILES string of the molecule is CCCCCCCCCCCCCCCCCCOC(=O)[C@H](CC(=O)O)NC(=O)CCCCCCCCCCCC. The molecule has 1 amide bonds. The predicted octanol–water partition coefficient (Wildman–Crippen LogP) is 10.1. The van der Waals surface area contributed by atoms with Gasteiger partial charge in [0.05, 0.1) is 13.0 Å². The van der Waals surface area contributed by atoms with Crippen LogP contribution in [0.4, 0.5) is 0 Å². The first-order chi connectivity index (χ1) is 20.0. The van der Waals surface area contributed by atoms with E-state index in [1.165, 1.54) is 128 Å². The van der Waals surface area contributed by atoms with Crippen LogP contribution in [0.2, 0.25) is 0 Å². The Morgan fingerprint density at radius 3 is 1.24 bits per heavy atom. The minimum absolute atomic E-state index is 0.268. The van der Waals surface area contributed by atoms with E-state index in [-0.39, 0.29) is 12.5 Å². The zero-order chi connectivity index (χ0) is 30.2. The standard InChI is InChI=1S/C35H67NO5/c1-3-5-7-9-11-13-15-16-17-18-19-20-22-24-26-28-30-41-35(40)32(31-34(38)39)36-33(37)29-27-25-23-21-14-12-10-8-6-4-2/h32H,3-31H2,1-2H3,(H,36,37)(H,38,39)/t32-/m0/s1. The van der Waals surface area contributed by atoms with Crippen molar-refractivity contribution in [3.05, 3.63) is 0 Å². The smallest absolute Gasteiger partial charge is 0.329 e. The highest BCUT2D eigenvalue weighted by atomic mass is 16.5. The molecule has 1 atom stereocenters. The van der Waals surface area contributed by atoms with E-state index in [0.29, 0.717) is 6.42 Å². The first-order valence-corrected chi connectivity index (χ1v) is 17.7. The number of carboxylic acids is 1. The number of ether oxygens (including phenoxy) is 1. The molecule has 0 unspecified atom stereocenters. The lowest BCUT2D eigenvalue weighted by Gasteiger charge is -2.16. The fourth-order valence-electron chi connectivity index (χ4n) is 5.33. The number of hydrogen-bond acceptors (Lipinski definition) is 4. The summed E-state index contributed by atoms with van der Waals surface area (Å²) < 4.78 is 5.31. The molecule has 41 heavy (non-hydrogen) atoms. The molecule has 0 aromatic rings. The second-order valence-corrected chi connectivity index (χ2v) is 12.1. The lowest BCUT2D eigenvalue weighted by molar-refractivity contribution is -0.151. The summed E-state index contributed by atoms with van der Waals surface area (Å²) in [6, 6.07) is -1.11. The number of rotatable bonds is 32. The molecule has 0 aliphatic rings. The van der Waals surface area contributed by atoms with Gasteiger partial charge >= 0.3 is 11.9 Å². The van der Waals surface area contributed by atoms with Crippen molar-refractivity contribution in [1.29, 1.82) is 0 Å². The number of esters is 1. The number of amides is 1. The number of carbonyl (C=O) groups is 3. The average Bonchev–Trinajstić information content (AvgIpc) is 2.95. The van der Waals surface area contributed by atoms with Crippen molar-refractivity contribution < 1.29 is 24.2 Å². The molecule has 242 valence electrons. The predicted molar refractivity (Wildman–Crippen MR) is 171 cm³/mol. The van der Waals surface area contributed by atoms with Gasteiger partial charge in [-0.05, 0) is 12.8 Å². The molecular formula is C35H67NO5. The molecule has 0 aliphatic carbocycles. The fourth-order valence-corrected chi connectivity index (χ4v) is 5.33. The van der Waals surface area contributed by atoms with Crippen LogP contribution in [0.1, 0.15) is 194 Å². The number of carboxylic acid groups (broad SMARTS) is 1. The van der Waals surface area contributed by atoms with Crippen molar-refractivity contribution in [2.24, 2.45) is 0 Å². The summed E-state index contributed by atoms with van der Waals surface area (Å²) in [5, 5.41) is 11.8. The summed E-state index contributed by atoms with van der Waals surface area (Å²) in [5.41, 5.74) is 0. The molecule has 0 aromatic heterocycles. The van der Waals surface area contributed by atoms with Crippen LogP contribution < -0.4 is 5.32 Å². The van der Waals surface area contributed by atoms with Gasteiger partial charge in [0.1, 0.15) is 6.04 Å². The first kappa shape index (κ1) is 39.4. The van der Waals surface area contributed by atoms with Gasteiger partial charge in [0, 0.05) is 6.42 Å². The van der Waals surface area contributed by atoms with Crippen molar-refractivity contribution in [1.82, 2.24) is 5.32 Å². The van der Waals surface area contributed by atoms with Crippen LogP contribution in [0.5, 0.6) is 0 Å². The molecule has 6 heteroatoms. The second kappa shape index (κ2) is 31.3. The number of unbranched alkanes of at least 4 members (excludes halogenated alkanes) is 24. The molecule has 0 spiro atoms. The summed E-state index contributed by atoms with van der Waals surface area (Å²) in [4.78, 5) is 35.9. The van der Waals surface area contributed by atoms with E-state index in [0.717, 1.165) is 38.5 Å². The van der Waals surface area contributed by atoms with E-state index in [2.05, 4.69) is 19.2 Å². The van der Waals surface area contributed by atoms with Crippen LogP contribution in [0.25, 0.3) is 0 Å². The van der Waals surface area contributed by atoms with Crippen LogP contribution in [-0.2, 0) is 19.1 Å². The lowest BCUT2D eigenvalue weighted by Crippen LogP contribution is -2.43. The third-order valence-electron chi connectivity index (χ3n) is 8.00. The Morgan fingerprint density at radius 2 is 0.878 bits per heavy atom. The molecule has 0 bridgehead atoms. The van der Waals surface area contributed by atoms with Crippen LogP contribution in [0.15, 0.2) is 0 Å². The minimum atomic E-state index is -1.12. The summed E-state index contributed by atoms with van der Waals surface area (Å²) >= 11 is 0. The third kappa shape index (κ3) is 29.7. The van der Waals surface area contributed by atoms with Gasteiger partial charge < -0.3 is 15.2 Å². The molecule has 0 aromatic carbocycles. The molecule has 0 rings (SSSR count). The van der Waals surface area contributed by atoms with Crippen molar-refractivity contribution >= 4 is 17.8 Å². The topological polar surface area (TPSA) is 92.7 Å². The largest absolute Gasteiger partial charge is 0.481 e. The maximum Gasteiger partial charge on any atom is 0.329 e. The first-order valence-electron chi connectivity index (χ1n) is 17.7. The highest BCUT2D eigenvalue weighted by Gasteiger charge is 2.25. The Balaban J connectivity index is 3.74. The zero-order valence-electron chi connectivity index (χ0n) is 27.2. The van der Waals surface area contributed by atoms with E-state index >= 15 is 0 Å². The van der Waals surface area contributed by atoms with Gasteiger partial charge in [-0.25, -0.2) is 4.79 Å². The normalized spacial score (nSPS) is 11.9. The minimum Gasteiger partial charge on any atom is -0.481 e. The molecule has 0 saturated carbocycles. The fraction of sp³-hybridized carbons (Fsp3) is 0.914. The monoisotopic (exact) mass is 582 g/mol. The maximum atomic E-state index is 12.4. The van der Waals surface area contributed by atoms with Gasteiger partial charge in [-0.15, -0.1) is 0 Å². The zero-order valence-corrected chi connectivity index (χ0v) is 27.2. The van der Waals surface area contributed by atoms with Gasteiger partial charge in [0.25, 0.3) is 0 Å². The van der Waals surface area contributed by atoms with Crippen molar-refractivity contribution in [2.75, 3.05) is 6.61 Å². The molecule has 0 fully saturated rings. The van der Waals surface area contributed by atoms with Crippen LogP contribution in [0, 0.1) is 0 Å². The molecule has 0 radical (unpaired) electrons.